The summed E-state index contributed by atoms with van der Waals surface area (Å²) >= 11 is 0. The molecule has 0 bridgehead atoms. The van der Waals surface area contributed by atoms with Crippen LogP contribution in [0.15, 0.2) is 29.2 Å². The van der Waals surface area contributed by atoms with Crippen LogP contribution >= 0.6 is 0 Å². The molecule has 6 nitrogen and oxygen atoms in total. The van der Waals surface area contributed by atoms with Gasteiger partial charge in [-0.1, -0.05) is 0 Å². The Hall–Kier alpha value is -2.50. The van der Waals surface area contributed by atoms with Crippen molar-refractivity contribution in [2.75, 3.05) is 0 Å². The zero-order chi connectivity index (χ0) is 15.7. The normalized spacial score (nSPS) is 16.9. The van der Waals surface area contributed by atoms with Crippen LogP contribution in [-0.4, -0.2) is 26.7 Å². The van der Waals surface area contributed by atoms with E-state index in [1.165, 1.54) is 4.68 Å². The number of rotatable bonds is 2. The van der Waals surface area contributed by atoms with Crippen molar-refractivity contribution in [2.45, 2.75) is 32.2 Å². The minimum absolute atomic E-state index is 0.0218. The summed E-state index contributed by atoms with van der Waals surface area (Å²) in [6, 6.07) is 5.17. The lowest BCUT2D eigenvalue weighted by atomic mass is 9.92. The van der Waals surface area contributed by atoms with Crippen LogP contribution < -0.4 is 10.9 Å². The van der Waals surface area contributed by atoms with Gasteiger partial charge in [0.05, 0.1) is 11.3 Å². The van der Waals surface area contributed by atoms with Crippen molar-refractivity contribution in [2.24, 2.45) is 7.05 Å². The number of carbonyl (C=O) groups excluding carboxylic acids is 1. The third-order valence-electron chi connectivity index (χ3n) is 4.04. The van der Waals surface area contributed by atoms with Gasteiger partial charge in [0.2, 0.25) is 0 Å². The van der Waals surface area contributed by atoms with E-state index in [0.29, 0.717) is 17.7 Å². The first-order chi connectivity index (χ1) is 10.5. The monoisotopic (exact) mass is 298 g/mol. The predicted octanol–water partition coefficient (Wildman–Crippen LogP) is 0.771. The fourth-order valence-corrected chi connectivity index (χ4v) is 2.80. The lowest BCUT2D eigenvalue weighted by molar-refractivity contribution is 0.0932. The molecule has 1 aliphatic carbocycles. The van der Waals surface area contributed by atoms with Gasteiger partial charge in [0.25, 0.3) is 11.5 Å². The molecule has 2 aromatic rings. The quantitative estimate of drug-likeness (QED) is 0.888. The Labute approximate surface area is 128 Å². The van der Waals surface area contributed by atoms with E-state index >= 15 is 0 Å². The summed E-state index contributed by atoms with van der Waals surface area (Å²) < 4.78 is 1.36. The second-order valence-corrected chi connectivity index (χ2v) is 5.63. The highest BCUT2D eigenvalue weighted by atomic mass is 16.1. The van der Waals surface area contributed by atoms with E-state index in [2.05, 4.69) is 15.4 Å². The van der Waals surface area contributed by atoms with Crippen molar-refractivity contribution in [1.29, 1.82) is 0 Å². The average Bonchev–Trinajstić information content (AvgIpc) is 2.49. The summed E-state index contributed by atoms with van der Waals surface area (Å²) in [5.74, 6) is -0.115. The van der Waals surface area contributed by atoms with Crippen molar-refractivity contribution in [1.82, 2.24) is 20.1 Å². The summed E-state index contributed by atoms with van der Waals surface area (Å²) in [6.45, 7) is 1.82. The van der Waals surface area contributed by atoms with Crippen molar-refractivity contribution < 1.29 is 4.79 Å². The van der Waals surface area contributed by atoms with Gasteiger partial charge in [-0.05, 0) is 43.9 Å². The van der Waals surface area contributed by atoms with E-state index in [-0.39, 0.29) is 17.5 Å². The van der Waals surface area contributed by atoms with E-state index in [9.17, 15) is 9.59 Å². The highest BCUT2D eigenvalue weighted by molar-refractivity contribution is 5.95. The Morgan fingerprint density at radius 2 is 2.27 bits per heavy atom. The maximum atomic E-state index is 12.3. The first-order valence-corrected chi connectivity index (χ1v) is 7.33. The molecule has 0 saturated carbocycles. The van der Waals surface area contributed by atoms with E-state index in [1.54, 1.807) is 31.4 Å². The second kappa shape index (κ2) is 5.71. The van der Waals surface area contributed by atoms with Crippen LogP contribution in [-0.2, 0) is 19.9 Å². The first-order valence-electron chi connectivity index (χ1n) is 7.33. The van der Waals surface area contributed by atoms with Gasteiger partial charge >= 0.3 is 0 Å². The van der Waals surface area contributed by atoms with Crippen LogP contribution in [0, 0.1) is 6.92 Å². The largest absolute Gasteiger partial charge is 0.349 e. The summed E-state index contributed by atoms with van der Waals surface area (Å²) in [6.07, 6.45) is 3.90. The third-order valence-corrected chi connectivity index (χ3v) is 4.04. The fourth-order valence-electron chi connectivity index (χ4n) is 2.80. The van der Waals surface area contributed by atoms with E-state index in [0.717, 1.165) is 24.1 Å². The second-order valence-electron chi connectivity index (χ2n) is 5.63. The van der Waals surface area contributed by atoms with Gasteiger partial charge in [-0.15, -0.1) is 0 Å². The van der Waals surface area contributed by atoms with Crippen molar-refractivity contribution in [3.63, 3.8) is 0 Å². The highest BCUT2D eigenvalue weighted by Crippen LogP contribution is 2.18. The van der Waals surface area contributed by atoms with Gasteiger partial charge < -0.3 is 5.32 Å². The molecule has 22 heavy (non-hydrogen) atoms. The van der Waals surface area contributed by atoms with Gasteiger partial charge in [0.15, 0.2) is 0 Å². The lowest BCUT2D eigenvalue weighted by Crippen LogP contribution is -2.40. The molecule has 114 valence electrons. The Bertz CT molecular complexity index is 782. The maximum Gasteiger partial charge on any atom is 0.266 e. The van der Waals surface area contributed by atoms with Gasteiger partial charge in [0, 0.05) is 31.0 Å². The third kappa shape index (κ3) is 2.77. The van der Waals surface area contributed by atoms with Gasteiger partial charge in [0.1, 0.15) is 0 Å². The predicted molar refractivity (Wildman–Crippen MR) is 81.7 cm³/mol. The summed E-state index contributed by atoms with van der Waals surface area (Å²) in [5.41, 5.74) is 3.07. The minimum Gasteiger partial charge on any atom is -0.349 e. The number of nitrogens with zero attached hydrogens (tertiary/aromatic N) is 3. The molecule has 1 amide bonds. The number of hydrogen-bond donors (Lipinski definition) is 1. The fraction of sp³-hybridized carbons (Fsp3) is 0.375. The van der Waals surface area contributed by atoms with Crippen molar-refractivity contribution >= 4 is 5.91 Å². The van der Waals surface area contributed by atoms with Crippen LogP contribution in [0.25, 0.3) is 0 Å². The molecule has 1 aliphatic rings. The Balaban J connectivity index is 1.75. The van der Waals surface area contributed by atoms with Gasteiger partial charge in [-0.2, -0.15) is 5.10 Å². The summed E-state index contributed by atoms with van der Waals surface area (Å²) in [4.78, 5) is 28.2. The molecular formula is C16H18N4O2. The number of hydrogen-bond acceptors (Lipinski definition) is 4. The Morgan fingerprint density at radius 3 is 3.05 bits per heavy atom. The summed E-state index contributed by atoms with van der Waals surface area (Å²) in [7, 11) is 1.65. The van der Waals surface area contributed by atoms with Crippen LogP contribution in [0.5, 0.6) is 0 Å². The Morgan fingerprint density at radius 1 is 1.45 bits per heavy atom. The summed E-state index contributed by atoms with van der Waals surface area (Å²) in [5, 5.41) is 7.32. The van der Waals surface area contributed by atoms with Crippen LogP contribution in [0.2, 0.25) is 0 Å². The number of fused-ring (bicyclic) bond motifs is 1. The first kappa shape index (κ1) is 14.4. The molecule has 6 heteroatoms. The molecule has 2 aromatic heterocycles. The number of pyridine rings is 1. The van der Waals surface area contributed by atoms with Gasteiger partial charge in [-0.25, -0.2) is 4.68 Å². The smallest absolute Gasteiger partial charge is 0.266 e. The maximum absolute atomic E-state index is 12.3. The molecule has 0 aromatic carbocycles. The van der Waals surface area contributed by atoms with E-state index in [4.69, 9.17) is 0 Å². The molecule has 0 fully saturated rings. The SMILES string of the molecule is Cc1ncccc1C(=O)NC1CCc2nn(C)c(=O)cc2C1. The van der Waals surface area contributed by atoms with Crippen LogP contribution in [0.1, 0.15) is 33.7 Å². The van der Waals surface area contributed by atoms with E-state index in [1.807, 2.05) is 6.92 Å². The number of carbonyl (C=O) groups is 1. The van der Waals surface area contributed by atoms with Crippen molar-refractivity contribution in [3.05, 3.63) is 57.3 Å². The molecule has 0 aliphatic heterocycles. The molecule has 1 unspecified atom stereocenters. The number of aryl methyl sites for hydroxylation is 3. The Kier molecular flexibility index (Phi) is 3.75. The molecule has 3 rings (SSSR count). The van der Waals surface area contributed by atoms with Gasteiger partial charge in [-0.3, -0.25) is 14.6 Å². The number of amides is 1. The zero-order valence-electron chi connectivity index (χ0n) is 12.7. The number of nitrogens with one attached hydrogen (secondary N) is 1. The molecule has 0 spiro atoms. The standard InChI is InChI=1S/C16H18N4O2/c1-10-13(4-3-7-17-10)16(22)18-12-5-6-14-11(8-12)9-15(21)20(2)19-14/h3-4,7,9,12H,5-6,8H2,1-2H3,(H,18,22). The van der Waals surface area contributed by atoms with Crippen molar-refractivity contribution in [3.8, 4) is 0 Å². The highest BCUT2D eigenvalue weighted by Gasteiger charge is 2.23. The molecular weight excluding hydrogens is 280 g/mol. The molecule has 1 N–H and O–H groups in total. The topological polar surface area (TPSA) is 76.9 Å². The molecule has 1 atom stereocenters. The lowest BCUT2D eigenvalue weighted by Gasteiger charge is -2.25. The number of aromatic nitrogens is 3. The van der Waals surface area contributed by atoms with Crippen LogP contribution in [0.4, 0.5) is 0 Å². The molecule has 2 heterocycles. The average molecular weight is 298 g/mol. The molecule has 0 saturated heterocycles. The van der Waals surface area contributed by atoms with Crippen LogP contribution in [0.3, 0.4) is 0 Å². The zero-order valence-corrected chi connectivity index (χ0v) is 12.7. The molecule has 0 radical (unpaired) electrons. The van der Waals surface area contributed by atoms with E-state index < -0.39 is 0 Å². The minimum atomic E-state index is -0.117.